The van der Waals surface area contributed by atoms with Gasteiger partial charge in [-0.25, -0.2) is 9.97 Å². The van der Waals surface area contributed by atoms with Gasteiger partial charge in [-0.3, -0.25) is 0 Å². The number of hydrogen-bond donors (Lipinski definition) is 1. The smallest absolute Gasteiger partial charge is 0.213 e. The summed E-state index contributed by atoms with van der Waals surface area (Å²) in [7, 11) is 1.71. The number of fused-ring (bicyclic) bond motifs is 1. The third-order valence-corrected chi connectivity index (χ3v) is 4.32. The molecule has 3 aromatic rings. The molecule has 0 atom stereocenters. The highest BCUT2D eigenvalue weighted by molar-refractivity contribution is 5.83. The summed E-state index contributed by atoms with van der Waals surface area (Å²) in [6.07, 6.45) is 4.06. The van der Waals surface area contributed by atoms with Crippen LogP contribution in [-0.2, 0) is 11.2 Å². The number of hydrogen-bond acceptors (Lipinski definition) is 4. The van der Waals surface area contributed by atoms with E-state index in [1.807, 2.05) is 26.1 Å². The molecule has 0 aliphatic carbocycles. The monoisotopic (exact) mass is 369 g/mol. The molecule has 0 saturated heterocycles. The van der Waals surface area contributed by atoms with Gasteiger partial charge < -0.3 is 14.5 Å². The summed E-state index contributed by atoms with van der Waals surface area (Å²) in [4.78, 5) is 12.7. The topological polar surface area (TPSA) is 60.0 Å². The summed E-state index contributed by atoms with van der Waals surface area (Å²) >= 11 is 0. The fourth-order valence-electron chi connectivity index (χ4n) is 2.94. The molecule has 1 N–H and O–H groups in total. The highest BCUT2D eigenvalue weighted by Crippen LogP contribution is 2.29. The van der Waals surface area contributed by atoms with Gasteiger partial charge in [-0.1, -0.05) is 13.8 Å². The Labute approximate surface area is 162 Å². The Morgan fingerprint density at radius 3 is 2.41 bits per heavy atom. The maximum Gasteiger partial charge on any atom is 0.213 e. The van der Waals surface area contributed by atoms with Gasteiger partial charge in [0.1, 0.15) is 0 Å². The zero-order valence-electron chi connectivity index (χ0n) is 17.3. The van der Waals surface area contributed by atoms with E-state index >= 15 is 0 Å². The Kier molecular flexibility index (Phi) is 7.80. The minimum absolute atomic E-state index is 0.624. The van der Waals surface area contributed by atoms with Crippen molar-refractivity contribution < 1.29 is 9.47 Å². The van der Waals surface area contributed by atoms with Crippen molar-refractivity contribution in [2.75, 3.05) is 20.3 Å². The number of rotatable bonds is 6. The normalized spacial score (nSPS) is 10.6. The van der Waals surface area contributed by atoms with Gasteiger partial charge in [0.05, 0.1) is 29.0 Å². The third kappa shape index (κ3) is 5.07. The molecule has 3 rings (SSSR count). The van der Waals surface area contributed by atoms with Gasteiger partial charge in [0.15, 0.2) is 0 Å². The first-order valence-electron chi connectivity index (χ1n) is 9.62. The highest BCUT2D eigenvalue weighted by atomic mass is 16.5. The molecule has 3 heterocycles. The zero-order valence-corrected chi connectivity index (χ0v) is 17.3. The van der Waals surface area contributed by atoms with E-state index in [4.69, 9.17) is 14.5 Å². The number of aryl methyl sites for hydroxylation is 3. The molecule has 5 heteroatoms. The third-order valence-electron chi connectivity index (χ3n) is 4.32. The number of pyridine rings is 2. The first kappa shape index (κ1) is 20.9. The van der Waals surface area contributed by atoms with Crippen molar-refractivity contribution in [1.82, 2.24) is 15.0 Å². The predicted octanol–water partition coefficient (Wildman–Crippen LogP) is 5.25. The SMILES string of the molecule is CCCOC.CCOc1ccc(-c2nc3c(C)c[nH]c3cc2CC)c(C)n1. The van der Waals surface area contributed by atoms with Crippen LogP contribution in [0.2, 0.25) is 0 Å². The zero-order chi connectivity index (χ0) is 19.8. The lowest BCUT2D eigenvalue weighted by atomic mass is 10.0. The van der Waals surface area contributed by atoms with E-state index in [1.165, 1.54) is 5.56 Å². The number of methoxy groups -OCH3 is 1. The van der Waals surface area contributed by atoms with Crippen LogP contribution in [0.3, 0.4) is 0 Å². The Morgan fingerprint density at radius 2 is 1.85 bits per heavy atom. The minimum atomic E-state index is 0.624. The number of aromatic nitrogens is 3. The van der Waals surface area contributed by atoms with Crippen molar-refractivity contribution in [3.63, 3.8) is 0 Å². The Bertz CT molecular complexity index is 869. The molecule has 0 amide bonds. The maximum atomic E-state index is 5.47. The van der Waals surface area contributed by atoms with Crippen LogP contribution in [0.15, 0.2) is 24.4 Å². The molecule has 0 aliphatic heterocycles. The van der Waals surface area contributed by atoms with Crippen molar-refractivity contribution >= 4 is 11.0 Å². The molecule has 0 radical (unpaired) electrons. The van der Waals surface area contributed by atoms with Crippen molar-refractivity contribution in [2.45, 2.75) is 47.5 Å². The van der Waals surface area contributed by atoms with Crippen molar-refractivity contribution in [1.29, 1.82) is 0 Å². The first-order valence-corrected chi connectivity index (χ1v) is 9.62. The van der Waals surface area contributed by atoms with E-state index in [2.05, 4.69) is 42.9 Å². The summed E-state index contributed by atoms with van der Waals surface area (Å²) in [5.74, 6) is 0.667. The van der Waals surface area contributed by atoms with Crippen molar-refractivity contribution in [3.05, 3.63) is 41.2 Å². The highest BCUT2D eigenvalue weighted by Gasteiger charge is 2.13. The lowest BCUT2D eigenvalue weighted by molar-refractivity contribution is 0.199. The fraction of sp³-hybridized carbons (Fsp3) is 0.455. The van der Waals surface area contributed by atoms with E-state index in [-0.39, 0.29) is 0 Å². The summed E-state index contributed by atoms with van der Waals surface area (Å²) in [6, 6.07) is 6.17. The number of aromatic amines is 1. The molecular weight excluding hydrogens is 338 g/mol. The van der Waals surface area contributed by atoms with Crippen LogP contribution in [0.5, 0.6) is 5.88 Å². The second-order valence-electron chi connectivity index (χ2n) is 6.43. The van der Waals surface area contributed by atoms with Crippen LogP contribution in [0, 0.1) is 13.8 Å². The molecule has 146 valence electrons. The Hall–Kier alpha value is -2.40. The van der Waals surface area contributed by atoms with E-state index in [1.54, 1.807) is 7.11 Å². The Balaban J connectivity index is 0.000000465. The maximum absolute atomic E-state index is 5.47. The molecule has 0 bridgehead atoms. The molecule has 0 spiro atoms. The molecule has 3 aromatic heterocycles. The number of ether oxygens (including phenoxy) is 2. The van der Waals surface area contributed by atoms with Crippen molar-refractivity contribution in [3.8, 4) is 17.1 Å². The number of nitrogens with zero attached hydrogens (tertiary/aromatic N) is 2. The standard InChI is InChI=1S/C18H21N3O.C4H10O/c1-5-13-9-15-17(11(3)10-19-15)21-18(13)14-7-8-16(22-6-2)20-12(14)4;1-3-4-5-2/h7-10,19H,5-6H2,1-4H3;3-4H2,1-2H3. The average Bonchev–Trinajstić information content (AvgIpc) is 3.02. The molecule has 5 nitrogen and oxygen atoms in total. The molecule has 0 aromatic carbocycles. The van der Waals surface area contributed by atoms with E-state index in [0.717, 1.165) is 53.0 Å². The second-order valence-corrected chi connectivity index (χ2v) is 6.43. The van der Waals surface area contributed by atoms with Crippen LogP contribution in [0.25, 0.3) is 22.3 Å². The molecule has 0 aliphatic rings. The number of H-pyrrole nitrogens is 1. The van der Waals surface area contributed by atoms with Gasteiger partial charge in [0.2, 0.25) is 5.88 Å². The lowest BCUT2D eigenvalue weighted by Gasteiger charge is -2.11. The van der Waals surface area contributed by atoms with Crippen LogP contribution >= 0.6 is 0 Å². The van der Waals surface area contributed by atoms with Crippen LogP contribution in [0.4, 0.5) is 0 Å². The van der Waals surface area contributed by atoms with Crippen molar-refractivity contribution in [2.24, 2.45) is 0 Å². The average molecular weight is 370 g/mol. The largest absolute Gasteiger partial charge is 0.478 e. The van der Waals surface area contributed by atoms with Crippen LogP contribution in [0.1, 0.15) is 44.0 Å². The molecule has 0 unspecified atom stereocenters. The van der Waals surface area contributed by atoms with Gasteiger partial charge in [-0.05, 0) is 56.9 Å². The molecule has 27 heavy (non-hydrogen) atoms. The summed E-state index contributed by atoms with van der Waals surface area (Å²) in [6.45, 7) is 11.8. The van der Waals surface area contributed by atoms with Gasteiger partial charge >= 0.3 is 0 Å². The summed E-state index contributed by atoms with van der Waals surface area (Å²) in [5.41, 5.74) is 7.54. The summed E-state index contributed by atoms with van der Waals surface area (Å²) in [5, 5.41) is 0. The van der Waals surface area contributed by atoms with Crippen LogP contribution in [-0.4, -0.2) is 35.3 Å². The minimum Gasteiger partial charge on any atom is -0.478 e. The van der Waals surface area contributed by atoms with E-state index < -0.39 is 0 Å². The molecule has 0 saturated carbocycles. The van der Waals surface area contributed by atoms with Gasteiger partial charge in [0.25, 0.3) is 0 Å². The number of nitrogens with one attached hydrogen (secondary N) is 1. The van der Waals surface area contributed by atoms with Gasteiger partial charge in [-0.15, -0.1) is 0 Å². The predicted molar refractivity (Wildman–Crippen MR) is 112 cm³/mol. The van der Waals surface area contributed by atoms with Gasteiger partial charge in [-0.2, -0.15) is 0 Å². The first-order chi connectivity index (χ1) is 13.0. The van der Waals surface area contributed by atoms with Gasteiger partial charge in [0, 0.05) is 31.5 Å². The molecule has 0 fully saturated rings. The van der Waals surface area contributed by atoms with E-state index in [0.29, 0.717) is 12.5 Å². The van der Waals surface area contributed by atoms with Crippen LogP contribution < -0.4 is 4.74 Å². The second kappa shape index (κ2) is 10.1. The van der Waals surface area contributed by atoms with E-state index in [9.17, 15) is 0 Å². The fourth-order valence-corrected chi connectivity index (χ4v) is 2.94. The quantitative estimate of drug-likeness (QED) is 0.645. The Morgan fingerprint density at radius 1 is 1.07 bits per heavy atom. The summed E-state index contributed by atoms with van der Waals surface area (Å²) < 4.78 is 10.2. The lowest BCUT2D eigenvalue weighted by Crippen LogP contribution is -1.99. The molecular formula is C22H31N3O2.